The summed E-state index contributed by atoms with van der Waals surface area (Å²) in [5.41, 5.74) is 0. The number of rotatable bonds is 4. The predicted molar refractivity (Wildman–Crippen MR) is 63.5 cm³/mol. The van der Waals surface area contributed by atoms with Gasteiger partial charge >= 0.3 is 0 Å². The molecule has 0 saturated heterocycles. The summed E-state index contributed by atoms with van der Waals surface area (Å²) in [5.74, 6) is 1.88. The minimum atomic E-state index is 0.704. The molecule has 0 spiro atoms. The Morgan fingerprint density at radius 3 is 2.07 bits per heavy atom. The molecule has 1 aliphatic rings. The van der Waals surface area contributed by atoms with Gasteiger partial charge in [-0.1, -0.05) is 20.8 Å². The maximum atomic E-state index is 3.73. The third-order valence-corrected chi connectivity index (χ3v) is 3.85. The van der Waals surface area contributed by atoms with Crippen LogP contribution in [0, 0.1) is 11.8 Å². The first-order valence-electron chi connectivity index (χ1n) is 6.39. The van der Waals surface area contributed by atoms with Gasteiger partial charge in [0.15, 0.2) is 0 Å². The van der Waals surface area contributed by atoms with Gasteiger partial charge in [0.25, 0.3) is 0 Å². The third-order valence-electron chi connectivity index (χ3n) is 3.85. The molecule has 1 heteroatoms. The third kappa shape index (κ3) is 3.61. The highest BCUT2D eigenvalue weighted by Gasteiger charge is 2.23. The fourth-order valence-corrected chi connectivity index (χ4v) is 2.47. The molecule has 0 amide bonds. The Morgan fingerprint density at radius 2 is 1.64 bits per heavy atom. The zero-order valence-corrected chi connectivity index (χ0v) is 10.3. The van der Waals surface area contributed by atoms with E-state index in [0.29, 0.717) is 6.04 Å². The molecule has 0 bridgehead atoms. The van der Waals surface area contributed by atoms with Crippen molar-refractivity contribution in [2.45, 2.75) is 71.9 Å². The Balaban J connectivity index is 2.22. The first kappa shape index (κ1) is 12.0. The van der Waals surface area contributed by atoms with Gasteiger partial charge in [-0.25, -0.2) is 0 Å². The molecule has 0 aliphatic heterocycles. The zero-order chi connectivity index (χ0) is 10.6. The quantitative estimate of drug-likeness (QED) is 0.726. The molecule has 0 aromatic heterocycles. The molecule has 1 N–H and O–H groups in total. The second-order valence-electron chi connectivity index (χ2n) is 5.33. The summed E-state index contributed by atoms with van der Waals surface area (Å²) in [6, 6.07) is 1.51. The van der Waals surface area contributed by atoms with Crippen LogP contribution in [0.4, 0.5) is 0 Å². The van der Waals surface area contributed by atoms with E-state index in [-0.39, 0.29) is 0 Å². The highest BCUT2D eigenvalue weighted by molar-refractivity contribution is 4.80. The van der Waals surface area contributed by atoms with Crippen LogP contribution >= 0.6 is 0 Å². The molecular formula is C13H27N. The van der Waals surface area contributed by atoms with E-state index in [1.807, 2.05) is 0 Å². The second-order valence-corrected chi connectivity index (χ2v) is 5.33. The first-order valence-corrected chi connectivity index (χ1v) is 6.39. The number of hydrogen-bond donors (Lipinski definition) is 1. The Bertz CT molecular complexity index is 145. The summed E-state index contributed by atoms with van der Waals surface area (Å²) < 4.78 is 0. The van der Waals surface area contributed by atoms with Gasteiger partial charge in [0.2, 0.25) is 0 Å². The molecule has 1 fully saturated rings. The van der Waals surface area contributed by atoms with Crippen LogP contribution in [0.15, 0.2) is 0 Å². The Kier molecular flexibility index (Phi) is 4.94. The predicted octanol–water partition coefficient (Wildman–Crippen LogP) is 3.59. The van der Waals surface area contributed by atoms with Gasteiger partial charge in [-0.2, -0.15) is 0 Å². The maximum Gasteiger partial charge on any atom is 0.00697 e. The van der Waals surface area contributed by atoms with Crippen molar-refractivity contribution in [1.82, 2.24) is 5.32 Å². The maximum absolute atomic E-state index is 3.73. The van der Waals surface area contributed by atoms with Crippen LogP contribution in [0.5, 0.6) is 0 Å². The van der Waals surface area contributed by atoms with Crippen LogP contribution in [-0.2, 0) is 0 Å². The molecule has 1 aliphatic carbocycles. The molecule has 1 rings (SSSR count). The van der Waals surface area contributed by atoms with Crippen molar-refractivity contribution in [2.75, 3.05) is 0 Å². The lowest BCUT2D eigenvalue weighted by atomic mass is 9.79. The van der Waals surface area contributed by atoms with Crippen molar-refractivity contribution < 1.29 is 0 Å². The molecule has 1 saturated carbocycles. The fraction of sp³-hybridized carbons (Fsp3) is 1.00. The van der Waals surface area contributed by atoms with E-state index in [9.17, 15) is 0 Å². The highest BCUT2D eigenvalue weighted by Crippen LogP contribution is 2.29. The summed E-state index contributed by atoms with van der Waals surface area (Å²) >= 11 is 0. The van der Waals surface area contributed by atoms with Gasteiger partial charge in [0, 0.05) is 12.1 Å². The van der Waals surface area contributed by atoms with Gasteiger partial charge in [-0.3, -0.25) is 0 Å². The van der Waals surface area contributed by atoms with Crippen molar-refractivity contribution >= 4 is 0 Å². The number of hydrogen-bond acceptors (Lipinski definition) is 1. The van der Waals surface area contributed by atoms with Crippen molar-refractivity contribution in [2.24, 2.45) is 11.8 Å². The van der Waals surface area contributed by atoms with Crippen molar-refractivity contribution in [3.05, 3.63) is 0 Å². The molecule has 0 aromatic rings. The largest absolute Gasteiger partial charge is 0.312 e. The van der Waals surface area contributed by atoms with E-state index in [4.69, 9.17) is 0 Å². The molecule has 14 heavy (non-hydrogen) atoms. The molecule has 0 aromatic carbocycles. The van der Waals surface area contributed by atoms with Gasteiger partial charge in [-0.05, 0) is 50.9 Å². The summed E-state index contributed by atoms with van der Waals surface area (Å²) in [7, 11) is 0. The van der Waals surface area contributed by atoms with Crippen LogP contribution in [0.2, 0.25) is 0 Å². The molecule has 1 unspecified atom stereocenters. The van der Waals surface area contributed by atoms with Crippen LogP contribution in [0.1, 0.15) is 59.8 Å². The Morgan fingerprint density at radius 1 is 1.07 bits per heavy atom. The van der Waals surface area contributed by atoms with E-state index in [0.717, 1.165) is 17.9 Å². The molecule has 1 nitrogen and oxygen atoms in total. The summed E-state index contributed by atoms with van der Waals surface area (Å²) in [6.45, 7) is 9.30. The molecule has 1 atom stereocenters. The standard InChI is InChI=1S/C13H27N/c1-5-11(4)14-13-8-6-12(7-9-13)10(2)3/h10-14H,5-9H2,1-4H3. The summed E-state index contributed by atoms with van der Waals surface area (Å²) in [5, 5.41) is 3.73. The van der Waals surface area contributed by atoms with E-state index < -0.39 is 0 Å². The first-order chi connectivity index (χ1) is 6.63. The van der Waals surface area contributed by atoms with Crippen molar-refractivity contribution in [3.8, 4) is 0 Å². The minimum Gasteiger partial charge on any atom is -0.312 e. The lowest BCUT2D eigenvalue weighted by Gasteiger charge is -2.32. The van der Waals surface area contributed by atoms with Gasteiger partial charge < -0.3 is 5.32 Å². The normalized spacial score (nSPS) is 30.6. The summed E-state index contributed by atoms with van der Waals surface area (Å²) in [4.78, 5) is 0. The van der Waals surface area contributed by atoms with Crippen molar-refractivity contribution in [3.63, 3.8) is 0 Å². The molecule has 0 radical (unpaired) electrons. The van der Waals surface area contributed by atoms with E-state index in [1.165, 1.54) is 32.1 Å². The second kappa shape index (κ2) is 5.75. The van der Waals surface area contributed by atoms with Gasteiger partial charge in [0.1, 0.15) is 0 Å². The number of nitrogens with one attached hydrogen (secondary N) is 1. The smallest absolute Gasteiger partial charge is 0.00697 e. The van der Waals surface area contributed by atoms with E-state index in [2.05, 4.69) is 33.0 Å². The van der Waals surface area contributed by atoms with Gasteiger partial charge in [0.05, 0.1) is 0 Å². The lowest BCUT2D eigenvalue weighted by molar-refractivity contribution is 0.229. The van der Waals surface area contributed by atoms with Gasteiger partial charge in [-0.15, -0.1) is 0 Å². The van der Waals surface area contributed by atoms with Crippen LogP contribution in [0.25, 0.3) is 0 Å². The zero-order valence-electron chi connectivity index (χ0n) is 10.3. The average molecular weight is 197 g/mol. The molecule has 84 valence electrons. The van der Waals surface area contributed by atoms with Crippen LogP contribution < -0.4 is 5.32 Å². The van der Waals surface area contributed by atoms with Crippen molar-refractivity contribution in [1.29, 1.82) is 0 Å². The fourth-order valence-electron chi connectivity index (χ4n) is 2.47. The monoisotopic (exact) mass is 197 g/mol. The Hall–Kier alpha value is -0.0400. The highest BCUT2D eigenvalue weighted by atomic mass is 14.9. The van der Waals surface area contributed by atoms with E-state index in [1.54, 1.807) is 0 Å². The average Bonchev–Trinajstić information content (AvgIpc) is 2.18. The summed E-state index contributed by atoms with van der Waals surface area (Å²) in [6.07, 6.45) is 6.92. The van der Waals surface area contributed by atoms with Crippen LogP contribution in [-0.4, -0.2) is 12.1 Å². The SMILES string of the molecule is CCC(C)NC1CCC(C(C)C)CC1. The lowest BCUT2D eigenvalue weighted by Crippen LogP contribution is -2.39. The van der Waals surface area contributed by atoms with Crippen LogP contribution in [0.3, 0.4) is 0 Å². The topological polar surface area (TPSA) is 12.0 Å². The van der Waals surface area contributed by atoms with E-state index >= 15 is 0 Å². The Labute approximate surface area is 89.7 Å². The molecule has 0 heterocycles. The molecular weight excluding hydrogens is 170 g/mol. The minimum absolute atomic E-state index is 0.704.